The number of carbonyl (C=O) groups excluding carboxylic acids is 2. The second kappa shape index (κ2) is 7.13. The van der Waals surface area contributed by atoms with Gasteiger partial charge in [0.2, 0.25) is 11.8 Å². The highest BCUT2D eigenvalue weighted by Gasteiger charge is 2.45. The van der Waals surface area contributed by atoms with Crippen molar-refractivity contribution in [3.05, 3.63) is 29.3 Å². The summed E-state index contributed by atoms with van der Waals surface area (Å²) in [7, 11) is 1.62. The number of hydrogen-bond donors (Lipinski definition) is 2. The van der Waals surface area contributed by atoms with Crippen molar-refractivity contribution < 1.29 is 14.7 Å². The van der Waals surface area contributed by atoms with E-state index in [4.69, 9.17) is 0 Å². The van der Waals surface area contributed by atoms with Crippen LogP contribution in [0.5, 0.6) is 0 Å². The lowest BCUT2D eigenvalue weighted by Crippen LogP contribution is -2.59. The van der Waals surface area contributed by atoms with Crippen molar-refractivity contribution in [2.45, 2.75) is 51.5 Å². The fourth-order valence-corrected chi connectivity index (χ4v) is 3.44. The van der Waals surface area contributed by atoms with Crippen LogP contribution < -0.4 is 5.32 Å². The number of amides is 2. The van der Waals surface area contributed by atoms with Gasteiger partial charge in [-0.15, -0.1) is 0 Å². The highest BCUT2D eigenvalue weighted by atomic mass is 16.3. The third-order valence-electron chi connectivity index (χ3n) is 4.97. The standard InChI is InChI=1S/C18H26N2O3/c1-13-8-7-9-14(2)16(13)19-17(23)18(10-5-4-6-11-18)20(3)15(22)12-21/h7-9,21H,4-6,10-12H2,1-3H3,(H,19,23). The Morgan fingerprint density at radius 1 is 1.17 bits per heavy atom. The minimum Gasteiger partial charge on any atom is -0.387 e. The number of anilines is 1. The van der Waals surface area contributed by atoms with Gasteiger partial charge >= 0.3 is 0 Å². The van der Waals surface area contributed by atoms with Crippen molar-refractivity contribution in [3.63, 3.8) is 0 Å². The molecule has 126 valence electrons. The highest BCUT2D eigenvalue weighted by Crippen LogP contribution is 2.35. The Morgan fingerprint density at radius 2 is 1.74 bits per heavy atom. The largest absolute Gasteiger partial charge is 0.387 e. The number of nitrogens with one attached hydrogen (secondary N) is 1. The molecule has 1 fully saturated rings. The van der Waals surface area contributed by atoms with Crippen molar-refractivity contribution in [2.75, 3.05) is 19.0 Å². The van der Waals surface area contributed by atoms with Gasteiger partial charge in [-0.1, -0.05) is 37.5 Å². The fourth-order valence-electron chi connectivity index (χ4n) is 3.44. The number of nitrogens with zero attached hydrogens (tertiary/aromatic N) is 1. The molecule has 1 aliphatic carbocycles. The number of likely N-dealkylation sites (N-methyl/N-ethyl adjacent to an activating group) is 1. The summed E-state index contributed by atoms with van der Waals surface area (Å²) in [5.41, 5.74) is 1.94. The summed E-state index contributed by atoms with van der Waals surface area (Å²) in [4.78, 5) is 26.5. The molecule has 0 bridgehead atoms. The molecule has 5 heteroatoms. The van der Waals surface area contributed by atoms with Gasteiger partial charge in [0.25, 0.3) is 0 Å². The number of benzene rings is 1. The van der Waals surface area contributed by atoms with E-state index in [2.05, 4.69) is 5.32 Å². The van der Waals surface area contributed by atoms with Gasteiger partial charge in [-0.3, -0.25) is 9.59 Å². The highest BCUT2D eigenvalue weighted by molar-refractivity contribution is 6.01. The van der Waals surface area contributed by atoms with Gasteiger partial charge in [0.15, 0.2) is 0 Å². The van der Waals surface area contributed by atoms with Gasteiger partial charge in [-0.05, 0) is 37.8 Å². The molecule has 0 heterocycles. The Balaban J connectivity index is 2.32. The topological polar surface area (TPSA) is 69.6 Å². The summed E-state index contributed by atoms with van der Waals surface area (Å²) in [6.45, 7) is 3.34. The Kier molecular flexibility index (Phi) is 5.42. The SMILES string of the molecule is Cc1cccc(C)c1NC(=O)C1(N(C)C(=O)CO)CCCCC1. The predicted molar refractivity (Wildman–Crippen MR) is 90.2 cm³/mol. The van der Waals surface area contributed by atoms with Gasteiger partial charge < -0.3 is 15.3 Å². The van der Waals surface area contributed by atoms with Crippen LogP contribution in [0.25, 0.3) is 0 Å². The van der Waals surface area contributed by atoms with E-state index >= 15 is 0 Å². The van der Waals surface area contributed by atoms with Gasteiger partial charge in [-0.25, -0.2) is 0 Å². The van der Waals surface area contributed by atoms with E-state index in [-0.39, 0.29) is 5.91 Å². The number of aliphatic hydroxyl groups excluding tert-OH is 1. The molecular weight excluding hydrogens is 292 g/mol. The lowest BCUT2D eigenvalue weighted by Gasteiger charge is -2.43. The van der Waals surface area contributed by atoms with Crippen molar-refractivity contribution in [1.82, 2.24) is 4.90 Å². The monoisotopic (exact) mass is 318 g/mol. The third-order valence-corrected chi connectivity index (χ3v) is 4.97. The average Bonchev–Trinajstić information content (AvgIpc) is 2.57. The summed E-state index contributed by atoms with van der Waals surface area (Å²) in [6, 6.07) is 5.87. The molecule has 0 aliphatic heterocycles. The Bertz CT molecular complexity index is 572. The molecule has 2 amide bonds. The number of rotatable bonds is 4. The molecule has 0 aromatic heterocycles. The quantitative estimate of drug-likeness (QED) is 0.895. The normalized spacial score (nSPS) is 16.7. The lowest BCUT2D eigenvalue weighted by molar-refractivity contribution is -0.147. The Morgan fingerprint density at radius 3 is 2.26 bits per heavy atom. The number of aliphatic hydroxyl groups is 1. The van der Waals surface area contributed by atoms with Crippen LogP contribution in [0.1, 0.15) is 43.2 Å². The van der Waals surface area contributed by atoms with Crippen LogP contribution in [-0.4, -0.2) is 41.0 Å². The molecule has 0 spiro atoms. The number of aryl methyl sites for hydroxylation is 2. The van der Waals surface area contributed by atoms with Crippen LogP contribution in [0, 0.1) is 13.8 Å². The number of hydrogen-bond acceptors (Lipinski definition) is 3. The van der Waals surface area contributed by atoms with Gasteiger partial charge in [0.1, 0.15) is 12.1 Å². The number of carbonyl (C=O) groups is 2. The molecule has 0 unspecified atom stereocenters. The molecule has 2 rings (SSSR count). The molecule has 0 atom stereocenters. The van der Waals surface area contributed by atoms with E-state index in [1.165, 1.54) is 4.90 Å². The summed E-state index contributed by atoms with van der Waals surface area (Å²) >= 11 is 0. The summed E-state index contributed by atoms with van der Waals surface area (Å²) in [6.07, 6.45) is 4.14. The minimum atomic E-state index is -0.868. The van der Waals surface area contributed by atoms with E-state index in [0.29, 0.717) is 12.8 Å². The second-order valence-electron chi connectivity index (χ2n) is 6.42. The van der Waals surface area contributed by atoms with Gasteiger partial charge in [-0.2, -0.15) is 0 Å². The molecule has 23 heavy (non-hydrogen) atoms. The van der Waals surface area contributed by atoms with Crippen LogP contribution in [0.15, 0.2) is 18.2 Å². The minimum absolute atomic E-state index is 0.154. The van der Waals surface area contributed by atoms with Crippen LogP contribution in [-0.2, 0) is 9.59 Å². The third kappa shape index (κ3) is 3.39. The smallest absolute Gasteiger partial charge is 0.250 e. The van der Waals surface area contributed by atoms with Gasteiger partial charge in [0, 0.05) is 12.7 Å². The molecule has 0 radical (unpaired) electrons. The Labute approximate surface area is 137 Å². The van der Waals surface area contributed by atoms with E-state index in [1.54, 1.807) is 7.05 Å². The van der Waals surface area contributed by atoms with Crippen molar-refractivity contribution in [2.24, 2.45) is 0 Å². The first-order valence-corrected chi connectivity index (χ1v) is 8.17. The van der Waals surface area contributed by atoms with Crippen molar-refractivity contribution in [3.8, 4) is 0 Å². The summed E-state index contributed by atoms with van der Waals surface area (Å²) in [5, 5.41) is 12.2. The maximum atomic E-state index is 13.1. The van der Waals surface area contributed by atoms with E-state index < -0.39 is 18.1 Å². The lowest BCUT2D eigenvalue weighted by atomic mass is 9.79. The predicted octanol–water partition coefficient (Wildman–Crippen LogP) is 2.40. The molecule has 1 aromatic rings. The summed E-state index contributed by atoms with van der Waals surface area (Å²) < 4.78 is 0. The first-order valence-electron chi connectivity index (χ1n) is 8.17. The fraction of sp³-hybridized carbons (Fsp3) is 0.556. The number of para-hydroxylation sites is 1. The zero-order valence-corrected chi connectivity index (χ0v) is 14.2. The molecular formula is C18H26N2O3. The maximum Gasteiger partial charge on any atom is 0.250 e. The molecule has 0 saturated heterocycles. The second-order valence-corrected chi connectivity index (χ2v) is 6.42. The molecule has 2 N–H and O–H groups in total. The average molecular weight is 318 g/mol. The van der Waals surface area contributed by atoms with E-state index in [1.807, 2.05) is 32.0 Å². The van der Waals surface area contributed by atoms with Crippen LogP contribution >= 0.6 is 0 Å². The van der Waals surface area contributed by atoms with Gasteiger partial charge in [0.05, 0.1) is 0 Å². The van der Waals surface area contributed by atoms with Crippen molar-refractivity contribution in [1.29, 1.82) is 0 Å². The summed E-state index contributed by atoms with van der Waals surface area (Å²) in [5.74, 6) is -0.567. The van der Waals surface area contributed by atoms with E-state index in [9.17, 15) is 14.7 Å². The van der Waals surface area contributed by atoms with Crippen molar-refractivity contribution >= 4 is 17.5 Å². The first kappa shape index (κ1) is 17.5. The first-order chi connectivity index (χ1) is 10.9. The van der Waals surface area contributed by atoms with E-state index in [0.717, 1.165) is 36.1 Å². The van der Waals surface area contributed by atoms with Crippen LogP contribution in [0.2, 0.25) is 0 Å². The zero-order valence-electron chi connectivity index (χ0n) is 14.2. The molecule has 1 aromatic carbocycles. The molecule has 5 nitrogen and oxygen atoms in total. The van der Waals surface area contributed by atoms with Crippen LogP contribution in [0.3, 0.4) is 0 Å². The van der Waals surface area contributed by atoms with Crippen LogP contribution in [0.4, 0.5) is 5.69 Å². The Hall–Kier alpha value is -1.88. The zero-order chi connectivity index (χ0) is 17.0. The maximum absolute atomic E-state index is 13.1. The molecule has 1 saturated carbocycles. The molecule has 1 aliphatic rings.